The Bertz CT molecular complexity index is 1430. The minimum absolute atomic E-state index is 0.163. The van der Waals surface area contributed by atoms with E-state index in [9.17, 15) is 18.8 Å². The molecule has 0 aliphatic carbocycles. The topological polar surface area (TPSA) is 115 Å². The quantitative estimate of drug-likeness (QED) is 0.238. The van der Waals surface area contributed by atoms with E-state index in [1.54, 1.807) is 79.8 Å². The first kappa shape index (κ1) is 25.7. The van der Waals surface area contributed by atoms with Gasteiger partial charge >= 0.3 is 6.09 Å². The van der Waals surface area contributed by atoms with Crippen molar-refractivity contribution in [3.05, 3.63) is 78.1 Å². The van der Waals surface area contributed by atoms with Gasteiger partial charge in [-0.05, 0) is 56.2 Å². The summed E-state index contributed by atoms with van der Waals surface area (Å²) < 4.78 is 20.4. The van der Waals surface area contributed by atoms with Gasteiger partial charge in [-0.1, -0.05) is 18.2 Å². The molecule has 0 saturated heterocycles. The standard InChI is InChI=1S/C26H24FN5O4S/c1-26(2,3)36-25(35)31-19-9-6-17(16-4-7-18(27)8-5-16)12-20(19)29-23(34)13-22(33)21-14-37-24(30-21)32-11-10-28-15-32/h4-12,14-15H,13H2,1-3H3,(H,29,34)(H,31,35). The van der Waals surface area contributed by atoms with Crippen molar-refractivity contribution in [1.29, 1.82) is 0 Å². The molecule has 9 nitrogen and oxygen atoms in total. The number of ether oxygens (including phenoxy) is 1. The van der Waals surface area contributed by atoms with Crippen LogP contribution in [0.15, 0.2) is 66.6 Å². The Morgan fingerprint density at radius 1 is 1.03 bits per heavy atom. The molecule has 0 fully saturated rings. The summed E-state index contributed by atoms with van der Waals surface area (Å²) >= 11 is 1.25. The van der Waals surface area contributed by atoms with Gasteiger partial charge in [-0.15, -0.1) is 11.3 Å². The van der Waals surface area contributed by atoms with E-state index in [1.165, 1.54) is 23.5 Å². The predicted octanol–water partition coefficient (Wildman–Crippen LogP) is 5.69. The number of thiazole rings is 1. The van der Waals surface area contributed by atoms with Crippen LogP contribution in [-0.4, -0.2) is 37.9 Å². The van der Waals surface area contributed by atoms with Gasteiger partial charge < -0.3 is 10.1 Å². The third-order valence-electron chi connectivity index (χ3n) is 4.93. The van der Waals surface area contributed by atoms with Gasteiger partial charge in [-0.2, -0.15) is 0 Å². The summed E-state index contributed by atoms with van der Waals surface area (Å²) in [5.41, 5.74) is 1.33. The molecule has 190 valence electrons. The van der Waals surface area contributed by atoms with Crippen LogP contribution in [0.5, 0.6) is 0 Å². The van der Waals surface area contributed by atoms with Crippen LogP contribution >= 0.6 is 11.3 Å². The average Bonchev–Trinajstić information content (AvgIpc) is 3.52. The maximum atomic E-state index is 13.4. The van der Waals surface area contributed by atoms with E-state index in [2.05, 4.69) is 20.6 Å². The van der Waals surface area contributed by atoms with Gasteiger partial charge in [0, 0.05) is 17.8 Å². The van der Waals surface area contributed by atoms with Crippen LogP contribution in [0.2, 0.25) is 0 Å². The normalized spacial score (nSPS) is 11.1. The number of halogens is 1. The zero-order valence-corrected chi connectivity index (χ0v) is 21.1. The maximum absolute atomic E-state index is 13.4. The second kappa shape index (κ2) is 10.7. The molecular formula is C26H24FN5O4S. The monoisotopic (exact) mass is 521 g/mol. The molecule has 11 heteroatoms. The zero-order valence-electron chi connectivity index (χ0n) is 20.3. The molecule has 0 unspecified atom stereocenters. The van der Waals surface area contributed by atoms with E-state index >= 15 is 0 Å². The summed E-state index contributed by atoms with van der Waals surface area (Å²) in [5, 5.41) is 7.45. The summed E-state index contributed by atoms with van der Waals surface area (Å²) in [6, 6.07) is 10.8. The first-order valence-electron chi connectivity index (χ1n) is 11.2. The minimum Gasteiger partial charge on any atom is -0.444 e. The third-order valence-corrected chi connectivity index (χ3v) is 5.79. The van der Waals surface area contributed by atoms with Gasteiger partial charge in [0.2, 0.25) is 5.91 Å². The van der Waals surface area contributed by atoms with Gasteiger partial charge in [0.05, 0.1) is 17.8 Å². The van der Waals surface area contributed by atoms with Gasteiger partial charge in [0.25, 0.3) is 0 Å². The summed E-state index contributed by atoms with van der Waals surface area (Å²) in [6.45, 7) is 5.19. The van der Waals surface area contributed by atoms with Crippen molar-refractivity contribution in [2.24, 2.45) is 0 Å². The first-order valence-corrected chi connectivity index (χ1v) is 12.1. The van der Waals surface area contributed by atoms with Gasteiger partial charge in [0.1, 0.15) is 23.4 Å². The Labute approximate surface area is 216 Å². The number of hydrogen-bond donors (Lipinski definition) is 2. The third kappa shape index (κ3) is 6.85. The second-order valence-electron chi connectivity index (χ2n) is 9.03. The molecule has 4 aromatic rings. The van der Waals surface area contributed by atoms with Gasteiger partial charge in [-0.3, -0.25) is 19.5 Å². The molecule has 37 heavy (non-hydrogen) atoms. The van der Waals surface area contributed by atoms with Crippen LogP contribution < -0.4 is 10.6 Å². The van der Waals surface area contributed by atoms with Crippen LogP contribution in [0.1, 0.15) is 37.7 Å². The predicted molar refractivity (Wildman–Crippen MR) is 139 cm³/mol. The Morgan fingerprint density at radius 2 is 1.76 bits per heavy atom. The van der Waals surface area contributed by atoms with Crippen molar-refractivity contribution >= 4 is 40.5 Å². The Hall–Kier alpha value is -4.38. The Balaban J connectivity index is 1.53. The molecule has 0 aliphatic heterocycles. The largest absolute Gasteiger partial charge is 0.444 e. The lowest BCUT2D eigenvalue weighted by atomic mass is 10.0. The lowest BCUT2D eigenvalue weighted by Crippen LogP contribution is -2.27. The SMILES string of the molecule is CC(C)(C)OC(=O)Nc1ccc(-c2ccc(F)cc2)cc1NC(=O)CC(=O)c1csc(-n2ccnc2)n1. The van der Waals surface area contributed by atoms with Crippen LogP contribution in [0.4, 0.5) is 20.6 Å². The molecule has 0 atom stereocenters. The fraction of sp³-hybridized carbons (Fsp3) is 0.192. The molecule has 2 heterocycles. The maximum Gasteiger partial charge on any atom is 0.412 e. The molecule has 0 bridgehead atoms. The van der Waals surface area contributed by atoms with Crippen LogP contribution in [0.3, 0.4) is 0 Å². The van der Waals surface area contributed by atoms with E-state index in [1.807, 2.05) is 0 Å². The number of carbonyl (C=O) groups excluding carboxylic acids is 3. The Kier molecular flexibility index (Phi) is 7.44. The molecule has 2 aromatic carbocycles. The first-order chi connectivity index (χ1) is 17.6. The van der Waals surface area contributed by atoms with Crippen LogP contribution in [0, 0.1) is 5.82 Å². The number of amides is 2. The summed E-state index contributed by atoms with van der Waals surface area (Å²) in [6.07, 6.45) is 3.70. The van der Waals surface area contributed by atoms with Crippen molar-refractivity contribution in [3.8, 4) is 16.3 Å². The minimum atomic E-state index is -0.725. The summed E-state index contributed by atoms with van der Waals surface area (Å²) in [5.74, 6) is -1.43. The smallest absolute Gasteiger partial charge is 0.412 e. The lowest BCUT2D eigenvalue weighted by Gasteiger charge is -2.21. The number of imidazole rings is 1. The number of nitrogens with zero attached hydrogens (tertiary/aromatic N) is 3. The van der Waals surface area contributed by atoms with Crippen molar-refractivity contribution in [1.82, 2.24) is 14.5 Å². The number of anilines is 2. The van der Waals surface area contributed by atoms with E-state index in [0.717, 1.165) is 0 Å². The fourth-order valence-electron chi connectivity index (χ4n) is 3.31. The van der Waals surface area contributed by atoms with Crippen molar-refractivity contribution in [3.63, 3.8) is 0 Å². The van der Waals surface area contributed by atoms with E-state index < -0.39 is 29.8 Å². The van der Waals surface area contributed by atoms with Crippen molar-refractivity contribution in [2.45, 2.75) is 32.8 Å². The van der Waals surface area contributed by atoms with Gasteiger partial charge in [0.15, 0.2) is 10.9 Å². The van der Waals surface area contributed by atoms with Crippen molar-refractivity contribution < 1.29 is 23.5 Å². The number of Topliss-reactive ketones (excluding diaryl/α,β-unsaturated/α-hetero) is 1. The second-order valence-corrected chi connectivity index (χ2v) is 9.86. The number of aromatic nitrogens is 3. The number of rotatable bonds is 7. The molecule has 2 aromatic heterocycles. The number of ketones is 1. The molecular weight excluding hydrogens is 497 g/mol. The zero-order chi connectivity index (χ0) is 26.6. The number of nitrogens with one attached hydrogen (secondary N) is 2. The van der Waals surface area contributed by atoms with Gasteiger partial charge in [-0.25, -0.2) is 19.2 Å². The molecule has 0 radical (unpaired) electrons. The summed E-state index contributed by atoms with van der Waals surface area (Å²) in [4.78, 5) is 46.1. The van der Waals surface area contributed by atoms with E-state index in [-0.39, 0.29) is 22.9 Å². The Morgan fingerprint density at radius 3 is 2.43 bits per heavy atom. The molecule has 4 rings (SSSR count). The molecule has 0 aliphatic rings. The molecule has 2 amide bonds. The summed E-state index contributed by atoms with van der Waals surface area (Å²) in [7, 11) is 0. The van der Waals surface area contributed by atoms with Crippen molar-refractivity contribution in [2.75, 3.05) is 10.6 Å². The van der Waals surface area contributed by atoms with E-state index in [0.29, 0.717) is 16.3 Å². The highest BCUT2D eigenvalue weighted by Crippen LogP contribution is 2.30. The number of benzene rings is 2. The number of hydrogen-bond acceptors (Lipinski definition) is 7. The molecule has 0 saturated carbocycles. The lowest BCUT2D eigenvalue weighted by molar-refractivity contribution is -0.115. The van der Waals surface area contributed by atoms with Crippen LogP contribution in [0.25, 0.3) is 16.3 Å². The highest BCUT2D eigenvalue weighted by molar-refractivity contribution is 7.12. The molecule has 0 spiro atoms. The highest BCUT2D eigenvalue weighted by atomic mass is 32.1. The van der Waals surface area contributed by atoms with E-state index in [4.69, 9.17) is 4.74 Å². The fourth-order valence-corrected chi connectivity index (χ4v) is 4.09. The highest BCUT2D eigenvalue weighted by Gasteiger charge is 2.20. The van der Waals surface area contributed by atoms with Crippen LogP contribution in [-0.2, 0) is 9.53 Å². The molecule has 2 N–H and O–H groups in total. The average molecular weight is 522 g/mol. The number of carbonyl (C=O) groups is 3.